The number of carbonyl (C=O) groups is 2. The molecule has 0 fully saturated rings. The Morgan fingerprint density at radius 1 is 1.00 bits per heavy atom. The molecule has 0 atom stereocenters. The maximum Gasteiger partial charge on any atom is 0.282 e. The summed E-state index contributed by atoms with van der Waals surface area (Å²) in [6.07, 6.45) is 0. The van der Waals surface area contributed by atoms with E-state index in [0.717, 1.165) is 0 Å². The molecule has 1 aliphatic heterocycles. The van der Waals surface area contributed by atoms with E-state index in [-0.39, 0.29) is 18.0 Å². The molecule has 98 valence electrons. The first kappa shape index (κ1) is 12.3. The standard InChI is InChI=1S/C16H11NO3/c18-14(10-20-11-6-2-1-3-7-11)15-12-8-4-5-9-13(12)17-16(15)19/h1-9H,10H2. The first-order chi connectivity index (χ1) is 9.75. The van der Waals surface area contributed by atoms with Crippen LogP contribution in [-0.2, 0) is 9.59 Å². The number of rotatable bonds is 4. The fourth-order valence-electron chi connectivity index (χ4n) is 2.07. The van der Waals surface area contributed by atoms with Crippen LogP contribution in [0.4, 0.5) is 0 Å². The van der Waals surface area contributed by atoms with E-state index in [1.807, 2.05) is 18.2 Å². The van der Waals surface area contributed by atoms with Crippen molar-refractivity contribution in [1.29, 1.82) is 0 Å². The zero-order valence-corrected chi connectivity index (χ0v) is 10.6. The number of carbonyl (C=O) groups excluding carboxylic acids is 2. The number of amides is 1. The first-order valence-corrected chi connectivity index (χ1v) is 6.19. The van der Waals surface area contributed by atoms with Crippen molar-refractivity contribution in [3.05, 3.63) is 65.2 Å². The van der Waals surface area contributed by atoms with Crippen molar-refractivity contribution >= 4 is 17.3 Å². The highest BCUT2D eigenvalue weighted by molar-refractivity contribution is 6.41. The molecule has 0 unspecified atom stereocenters. The highest BCUT2D eigenvalue weighted by Gasteiger charge is 2.23. The smallest absolute Gasteiger partial charge is 0.282 e. The molecule has 1 heterocycles. The summed E-state index contributed by atoms with van der Waals surface area (Å²) in [6, 6.07) is 16.0. The first-order valence-electron chi connectivity index (χ1n) is 6.19. The molecule has 1 amide bonds. The van der Waals surface area contributed by atoms with Crippen LogP contribution in [0.25, 0.3) is 5.57 Å². The molecule has 0 N–H and O–H groups in total. The number of ether oxygens (including phenoxy) is 1. The van der Waals surface area contributed by atoms with E-state index < -0.39 is 5.91 Å². The molecule has 0 saturated carbocycles. The molecule has 1 aliphatic rings. The SMILES string of the molecule is O=C(COc1ccccc1)C1=c2ccccc2=NC1=O. The van der Waals surface area contributed by atoms with Crippen LogP contribution in [0.1, 0.15) is 0 Å². The van der Waals surface area contributed by atoms with Gasteiger partial charge in [-0.2, -0.15) is 0 Å². The monoisotopic (exact) mass is 265 g/mol. The van der Waals surface area contributed by atoms with Crippen molar-refractivity contribution in [3.8, 4) is 5.75 Å². The Kier molecular flexibility index (Phi) is 3.13. The van der Waals surface area contributed by atoms with Gasteiger partial charge in [-0.3, -0.25) is 9.59 Å². The van der Waals surface area contributed by atoms with E-state index in [4.69, 9.17) is 4.74 Å². The van der Waals surface area contributed by atoms with Gasteiger partial charge in [0, 0.05) is 5.22 Å². The van der Waals surface area contributed by atoms with E-state index in [2.05, 4.69) is 4.99 Å². The number of hydrogen-bond acceptors (Lipinski definition) is 3. The molecule has 4 heteroatoms. The van der Waals surface area contributed by atoms with Crippen LogP contribution in [-0.4, -0.2) is 18.3 Å². The number of benzene rings is 2. The van der Waals surface area contributed by atoms with E-state index in [0.29, 0.717) is 16.3 Å². The number of ketones is 1. The minimum absolute atomic E-state index is 0.108. The van der Waals surface area contributed by atoms with Gasteiger partial charge in [0.25, 0.3) is 5.91 Å². The van der Waals surface area contributed by atoms with Crippen molar-refractivity contribution < 1.29 is 14.3 Å². The lowest BCUT2D eigenvalue weighted by Gasteiger charge is -2.04. The summed E-state index contributed by atoms with van der Waals surface area (Å²) >= 11 is 0. The molecule has 0 aromatic heterocycles. The summed E-state index contributed by atoms with van der Waals surface area (Å²) in [4.78, 5) is 27.8. The van der Waals surface area contributed by atoms with Crippen molar-refractivity contribution in [1.82, 2.24) is 0 Å². The van der Waals surface area contributed by atoms with Crippen LogP contribution in [0.3, 0.4) is 0 Å². The topological polar surface area (TPSA) is 55.7 Å². The summed E-state index contributed by atoms with van der Waals surface area (Å²) < 4.78 is 5.38. The van der Waals surface area contributed by atoms with Gasteiger partial charge in [0.15, 0.2) is 6.61 Å². The molecule has 2 aromatic carbocycles. The van der Waals surface area contributed by atoms with Gasteiger partial charge in [-0.15, -0.1) is 0 Å². The van der Waals surface area contributed by atoms with Crippen molar-refractivity contribution in [2.75, 3.05) is 6.61 Å². The van der Waals surface area contributed by atoms with Crippen LogP contribution in [0, 0.1) is 0 Å². The van der Waals surface area contributed by atoms with E-state index in [1.54, 1.807) is 36.4 Å². The maximum absolute atomic E-state index is 12.1. The van der Waals surface area contributed by atoms with Gasteiger partial charge in [0.1, 0.15) is 5.75 Å². The Hall–Kier alpha value is -2.75. The summed E-state index contributed by atoms with van der Waals surface area (Å²) in [5, 5.41) is 1.12. The van der Waals surface area contributed by atoms with Gasteiger partial charge in [0.2, 0.25) is 5.78 Å². The van der Waals surface area contributed by atoms with Gasteiger partial charge in [-0.25, -0.2) is 4.99 Å². The Balaban J connectivity index is 1.86. The lowest BCUT2D eigenvalue weighted by Crippen LogP contribution is -2.27. The summed E-state index contributed by atoms with van der Waals surface area (Å²) in [5.74, 6) is -0.252. The zero-order valence-electron chi connectivity index (χ0n) is 10.6. The number of hydrogen-bond donors (Lipinski definition) is 0. The van der Waals surface area contributed by atoms with Crippen LogP contribution < -0.4 is 15.3 Å². The molecule has 20 heavy (non-hydrogen) atoms. The van der Waals surface area contributed by atoms with Crippen molar-refractivity contribution in [3.63, 3.8) is 0 Å². The molecule has 0 bridgehead atoms. The highest BCUT2D eigenvalue weighted by atomic mass is 16.5. The molecular weight excluding hydrogens is 254 g/mol. The summed E-state index contributed by atoms with van der Waals surface area (Å²) in [5.41, 5.74) is 0.108. The molecular formula is C16H11NO3. The molecule has 0 saturated heterocycles. The second kappa shape index (κ2) is 5.09. The molecule has 4 nitrogen and oxygen atoms in total. The second-order valence-corrected chi connectivity index (χ2v) is 4.33. The number of fused-ring (bicyclic) bond motifs is 1. The Morgan fingerprint density at radius 3 is 2.50 bits per heavy atom. The molecule has 0 aliphatic carbocycles. The largest absolute Gasteiger partial charge is 0.485 e. The van der Waals surface area contributed by atoms with Crippen LogP contribution >= 0.6 is 0 Å². The molecule has 0 radical (unpaired) electrons. The summed E-state index contributed by atoms with van der Waals surface area (Å²) in [6.45, 7) is -0.172. The Labute approximate surface area is 115 Å². The van der Waals surface area contributed by atoms with Crippen LogP contribution in [0.5, 0.6) is 5.75 Å². The second-order valence-electron chi connectivity index (χ2n) is 4.33. The van der Waals surface area contributed by atoms with Gasteiger partial charge in [-0.05, 0) is 18.2 Å². The lowest BCUT2D eigenvalue weighted by molar-refractivity contribution is -0.119. The maximum atomic E-state index is 12.1. The van der Waals surface area contributed by atoms with Gasteiger partial charge in [0.05, 0.1) is 10.9 Å². The average molecular weight is 265 g/mol. The quantitative estimate of drug-likeness (QED) is 0.815. The summed E-state index contributed by atoms with van der Waals surface area (Å²) in [7, 11) is 0. The fraction of sp³-hybridized carbons (Fsp3) is 0.0625. The third-order valence-corrected chi connectivity index (χ3v) is 3.00. The van der Waals surface area contributed by atoms with Gasteiger partial charge < -0.3 is 4.74 Å². The Morgan fingerprint density at radius 2 is 1.70 bits per heavy atom. The van der Waals surface area contributed by atoms with Crippen molar-refractivity contribution in [2.45, 2.75) is 0 Å². The highest BCUT2D eigenvalue weighted by Crippen LogP contribution is 2.10. The number of para-hydroxylation sites is 2. The van der Waals surface area contributed by atoms with E-state index >= 15 is 0 Å². The van der Waals surface area contributed by atoms with Crippen LogP contribution in [0.15, 0.2) is 59.6 Å². The number of Topliss-reactive ketones (excluding diaryl/α,β-unsaturated/α-hetero) is 1. The van der Waals surface area contributed by atoms with Crippen LogP contribution in [0.2, 0.25) is 0 Å². The van der Waals surface area contributed by atoms with Crippen molar-refractivity contribution in [2.24, 2.45) is 4.99 Å². The normalized spacial score (nSPS) is 12.8. The van der Waals surface area contributed by atoms with Gasteiger partial charge in [-0.1, -0.05) is 36.4 Å². The predicted octanol–water partition coefficient (Wildman–Crippen LogP) is 0.645. The predicted molar refractivity (Wildman–Crippen MR) is 72.6 cm³/mol. The number of nitrogens with zero attached hydrogens (tertiary/aromatic N) is 1. The molecule has 0 spiro atoms. The zero-order chi connectivity index (χ0) is 13.9. The minimum Gasteiger partial charge on any atom is -0.485 e. The fourth-order valence-corrected chi connectivity index (χ4v) is 2.07. The molecule has 3 rings (SSSR count). The molecule has 2 aromatic rings. The van der Waals surface area contributed by atoms with E-state index in [9.17, 15) is 9.59 Å². The third-order valence-electron chi connectivity index (χ3n) is 3.00. The Bertz CT molecular complexity index is 794. The third kappa shape index (κ3) is 2.23. The lowest BCUT2D eigenvalue weighted by atomic mass is 10.1. The van der Waals surface area contributed by atoms with E-state index in [1.165, 1.54) is 0 Å². The average Bonchev–Trinajstić information content (AvgIpc) is 2.82. The van der Waals surface area contributed by atoms with Gasteiger partial charge >= 0.3 is 0 Å². The minimum atomic E-state index is -0.493.